The van der Waals surface area contributed by atoms with Crippen LogP contribution in [0.5, 0.6) is 0 Å². The minimum Gasteiger partial charge on any atom is -0.389 e. The van der Waals surface area contributed by atoms with E-state index in [0.717, 1.165) is 35.7 Å². The van der Waals surface area contributed by atoms with Crippen molar-refractivity contribution in [2.75, 3.05) is 6.54 Å². The summed E-state index contributed by atoms with van der Waals surface area (Å²) in [7, 11) is 0. The second kappa shape index (κ2) is 6.13. The average Bonchev–Trinajstić information content (AvgIpc) is 2.28. The minimum absolute atomic E-state index is 0.238. The first-order valence-electron chi connectivity index (χ1n) is 6.45. The van der Waals surface area contributed by atoms with Gasteiger partial charge >= 0.3 is 0 Å². The standard InChI is InChI=1S/C14H19BrFNO/c15-12-6-11(7-13(16)8-12)9-17-10-14(18)4-2-1-3-5-14/h6-8,17-18H,1-5,9-10H2. The molecule has 18 heavy (non-hydrogen) atoms. The molecule has 2 nitrogen and oxygen atoms in total. The molecule has 100 valence electrons. The molecule has 2 N–H and O–H groups in total. The number of benzene rings is 1. The fourth-order valence-electron chi connectivity index (χ4n) is 2.54. The van der Waals surface area contributed by atoms with Gasteiger partial charge in [-0.05, 0) is 36.6 Å². The highest BCUT2D eigenvalue weighted by Crippen LogP contribution is 2.27. The van der Waals surface area contributed by atoms with Crippen LogP contribution >= 0.6 is 15.9 Å². The maximum absolute atomic E-state index is 13.2. The normalized spacial score (nSPS) is 18.8. The van der Waals surface area contributed by atoms with Gasteiger partial charge in [0.25, 0.3) is 0 Å². The second-order valence-electron chi connectivity index (χ2n) is 5.17. The minimum atomic E-state index is -0.567. The maximum Gasteiger partial charge on any atom is 0.124 e. The molecule has 1 aliphatic rings. The largest absolute Gasteiger partial charge is 0.389 e. The Morgan fingerprint density at radius 2 is 1.94 bits per heavy atom. The number of nitrogens with one attached hydrogen (secondary N) is 1. The molecule has 1 aromatic carbocycles. The topological polar surface area (TPSA) is 32.3 Å². The zero-order valence-electron chi connectivity index (χ0n) is 10.4. The molecule has 0 unspecified atom stereocenters. The van der Waals surface area contributed by atoms with Crippen molar-refractivity contribution in [3.8, 4) is 0 Å². The van der Waals surface area contributed by atoms with Crippen molar-refractivity contribution in [1.29, 1.82) is 0 Å². The number of rotatable bonds is 4. The Morgan fingerprint density at radius 3 is 2.61 bits per heavy atom. The van der Waals surface area contributed by atoms with E-state index >= 15 is 0 Å². The molecule has 0 aliphatic heterocycles. The highest BCUT2D eigenvalue weighted by atomic mass is 79.9. The van der Waals surface area contributed by atoms with Gasteiger partial charge in [0.15, 0.2) is 0 Å². The summed E-state index contributed by atoms with van der Waals surface area (Å²) < 4.78 is 13.9. The van der Waals surface area contributed by atoms with Crippen molar-refractivity contribution >= 4 is 15.9 Å². The van der Waals surface area contributed by atoms with E-state index in [1.165, 1.54) is 18.6 Å². The Balaban J connectivity index is 1.84. The van der Waals surface area contributed by atoms with Crippen LogP contribution in [0.15, 0.2) is 22.7 Å². The molecule has 0 aromatic heterocycles. The molecule has 0 heterocycles. The van der Waals surface area contributed by atoms with E-state index in [2.05, 4.69) is 21.2 Å². The van der Waals surface area contributed by atoms with Crippen LogP contribution in [0.1, 0.15) is 37.7 Å². The summed E-state index contributed by atoms with van der Waals surface area (Å²) in [6, 6.07) is 4.85. The lowest BCUT2D eigenvalue weighted by molar-refractivity contribution is 0.00467. The van der Waals surface area contributed by atoms with Gasteiger partial charge in [-0.15, -0.1) is 0 Å². The molecular formula is C14H19BrFNO. The van der Waals surface area contributed by atoms with Gasteiger partial charge in [0.1, 0.15) is 5.82 Å². The molecule has 4 heteroatoms. The molecule has 0 atom stereocenters. The number of hydrogen-bond donors (Lipinski definition) is 2. The Bertz CT molecular complexity index is 385. The lowest BCUT2D eigenvalue weighted by Gasteiger charge is -2.32. The molecule has 0 saturated heterocycles. The van der Waals surface area contributed by atoms with Crippen LogP contribution in [-0.4, -0.2) is 17.3 Å². The van der Waals surface area contributed by atoms with Crippen molar-refractivity contribution < 1.29 is 9.50 Å². The van der Waals surface area contributed by atoms with Crippen molar-refractivity contribution in [2.45, 2.75) is 44.2 Å². The monoisotopic (exact) mass is 315 g/mol. The van der Waals surface area contributed by atoms with Gasteiger partial charge < -0.3 is 10.4 Å². The molecule has 2 rings (SSSR count). The third kappa shape index (κ3) is 4.04. The summed E-state index contributed by atoms with van der Waals surface area (Å²) >= 11 is 3.27. The summed E-state index contributed by atoms with van der Waals surface area (Å²) in [6.07, 6.45) is 5.16. The lowest BCUT2D eigenvalue weighted by Crippen LogP contribution is -2.41. The van der Waals surface area contributed by atoms with Gasteiger partial charge in [0.2, 0.25) is 0 Å². The molecule has 1 saturated carbocycles. The van der Waals surface area contributed by atoms with Gasteiger partial charge in [-0.25, -0.2) is 4.39 Å². The molecule has 0 bridgehead atoms. The predicted octanol–water partition coefficient (Wildman–Crippen LogP) is 3.37. The van der Waals surface area contributed by atoms with Gasteiger partial charge in [-0.2, -0.15) is 0 Å². The molecule has 1 fully saturated rings. The first-order valence-corrected chi connectivity index (χ1v) is 7.25. The van der Waals surface area contributed by atoms with Crippen LogP contribution in [0.4, 0.5) is 4.39 Å². The van der Waals surface area contributed by atoms with Crippen molar-refractivity contribution in [2.24, 2.45) is 0 Å². The average molecular weight is 316 g/mol. The summed E-state index contributed by atoms with van der Waals surface area (Å²) in [6.45, 7) is 1.17. The zero-order chi connectivity index (χ0) is 13.0. The highest BCUT2D eigenvalue weighted by Gasteiger charge is 2.28. The van der Waals surface area contributed by atoms with Crippen LogP contribution in [-0.2, 0) is 6.54 Å². The van der Waals surface area contributed by atoms with E-state index in [9.17, 15) is 9.50 Å². The number of aliphatic hydroxyl groups is 1. The van der Waals surface area contributed by atoms with Crippen molar-refractivity contribution in [3.05, 3.63) is 34.1 Å². The van der Waals surface area contributed by atoms with Gasteiger partial charge in [-0.1, -0.05) is 35.2 Å². The van der Waals surface area contributed by atoms with Crippen LogP contribution in [0, 0.1) is 5.82 Å². The first kappa shape index (κ1) is 14.0. The van der Waals surface area contributed by atoms with Crippen LogP contribution in [0.25, 0.3) is 0 Å². The van der Waals surface area contributed by atoms with Gasteiger partial charge in [0, 0.05) is 17.6 Å². The number of hydrogen-bond acceptors (Lipinski definition) is 2. The number of halogens is 2. The molecular weight excluding hydrogens is 297 g/mol. The summed E-state index contributed by atoms with van der Waals surface area (Å²) in [5.74, 6) is -0.238. The van der Waals surface area contributed by atoms with E-state index in [4.69, 9.17) is 0 Å². The van der Waals surface area contributed by atoms with Crippen molar-refractivity contribution in [1.82, 2.24) is 5.32 Å². The smallest absolute Gasteiger partial charge is 0.124 e. The third-order valence-corrected chi connectivity index (χ3v) is 3.95. The fraction of sp³-hybridized carbons (Fsp3) is 0.571. The summed E-state index contributed by atoms with van der Waals surface area (Å²) in [4.78, 5) is 0. The van der Waals surface area contributed by atoms with E-state index in [1.807, 2.05) is 6.07 Å². The van der Waals surface area contributed by atoms with Crippen molar-refractivity contribution in [3.63, 3.8) is 0 Å². The molecule has 1 aromatic rings. The Kier molecular flexibility index (Phi) is 4.76. The van der Waals surface area contributed by atoms with E-state index < -0.39 is 5.60 Å². The van der Waals surface area contributed by atoms with Gasteiger partial charge in [-0.3, -0.25) is 0 Å². The molecule has 1 aliphatic carbocycles. The lowest BCUT2D eigenvalue weighted by atomic mass is 9.85. The molecule has 0 radical (unpaired) electrons. The first-order chi connectivity index (χ1) is 8.57. The molecule has 0 spiro atoms. The Labute approximate surface area is 116 Å². The zero-order valence-corrected chi connectivity index (χ0v) is 12.0. The quantitative estimate of drug-likeness (QED) is 0.892. The summed E-state index contributed by atoms with van der Waals surface area (Å²) in [5.41, 5.74) is 0.323. The maximum atomic E-state index is 13.2. The predicted molar refractivity (Wildman–Crippen MR) is 73.8 cm³/mol. The van der Waals surface area contributed by atoms with E-state index in [-0.39, 0.29) is 5.82 Å². The van der Waals surface area contributed by atoms with E-state index in [1.54, 1.807) is 0 Å². The Morgan fingerprint density at radius 1 is 1.22 bits per heavy atom. The SMILES string of the molecule is OC1(CNCc2cc(F)cc(Br)c2)CCCCC1. The molecule has 0 amide bonds. The third-order valence-electron chi connectivity index (χ3n) is 3.49. The van der Waals surface area contributed by atoms with Crippen LogP contribution in [0.3, 0.4) is 0 Å². The van der Waals surface area contributed by atoms with Crippen LogP contribution < -0.4 is 5.32 Å². The fourth-order valence-corrected chi connectivity index (χ4v) is 3.05. The second-order valence-corrected chi connectivity index (χ2v) is 6.08. The van der Waals surface area contributed by atoms with Crippen LogP contribution in [0.2, 0.25) is 0 Å². The summed E-state index contributed by atoms with van der Waals surface area (Å²) in [5, 5.41) is 13.5. The Hall–Kier alpha value is -0.450. The highest BCUT2D eigenvalue weighted by molar-refractivity contribution is 9.10. The van der Waals surface area contributed by atoms with Gasteiger partial charge in [0.05, 0.1) is 5.60 Å². The van der Waals surface area contributed by atoms with E-state index in [0.29, 0.717) is 13.1 Å².